The van der Waals surface area contributed by atoms with Gasteiger partial charge in [0.1, 0.15) is 5.82 Å². The Morgan fingerprint density at radius 1 is 1.25 bits per heavy atom. The van der Waals surface area contributed by atoms with Crippen LogP contribution in [0.4, 0.5) is 10.1 Å². The number of ether oxygens (including phenoxy) is 1. The van der Waals surface area contributed by atoms with Gasteiger partial charge >= 0.3 is 0 Å². The molecule has 1 atom stereocenters. The number of hydrogen-bond donors (Lipinski definition) is 1. The first-order chi connectivity index (χ1) is 9.74. The molecule has 2 aromatic carbocycles. The highest BCUT2D eigenvalue weighted by Crippen LogP contribution is 2.29. The fourth-order valence-electron chi connectivity index (χ4n) is 2.48. The number of halogens is 2. The topological polar surface area (TPSA) is 21.3 Å². The molecule has 0 spiro atoms. The molecule has 0 radical (unpaired) electrons. The van der Waals surface area contributed by atoms with E-state index in [9.17, 15) is 4.39 Å². The van der Waals surface area contributed by atoms with E-state index >= 15 is 0 Å². The minimum Gasteiger partial charge on any atom is -0.381 e. The van der Waals surface area contributed by atoms with Crippen molar-refractivity contribution >= 4 is 21.6 Å². The second kappa shape index (κ2) is 5.94. The van der Waals surface area contributed by atoms with Gasteiger partial charge in [0.25, 0.3) is 0 Å². The maximum Gasteiger partial charge on any atom is 0.125 e. The molecule has 0 fully saturated rings. The summed E-state index contributed by atoms with van der Waals surface area (Å²) < 4.78 is 19.9. The molecular formula is C16H15BrFNO. The average Bonchev–Trinajstić information content (AvgIpc) is 2.48. The number of nitrogens with one attached hydrogen (secondary N) is 1. The van der Waals surface area contributed by atoms with Crippen LogP contribution in [0.5, 0.6) is 0 Å². The quantitative estimate of drug-likeness (QED) is 0.902. The molecule has 0 amide bonds. The SMILES string of the molecule is Fc1ccc(Br)c(NCC2OCCc3ccccc32)c1. The third kappa shape index (κ3) is 2.86. The summed E-state index contributed by atoms with van der Waals surface area (Å²) in [5.74, 6) is -0.249. The minimum atomic E-state index is -0.249. The van der Waals surface area contributed by atoms with Crippen molar-refractivity contribution in [1.82, 2.24) is 0 Å². The second-order valence-electron chi connectivity index (χ2n) is 4.81. The Balaban J connectivity index is 1.75. The van der Waals surface area contributed by atoms with E-state index in [0.717, 1.165) is 23.2 Å². The Morgan fingerprint density at radius 3 is 3.00 bits per heavy atom. The van der Waals surface area contributed by atoms with Gasteiger partial charge in [0, 0.05) is 11.0 Å². The van der Waals surface area contributed by atoms with E-state index in [0.29, 0.717) is 6.54 Å². The lowest BCUT2D eigenvalue weighted by Crippen LogP contribution is -2.22. The van der Waals surface area contributed by atoms with Crippen molar-refractivity contribution in [3.8, 4) is 0 Å². The van der Waals surface area contributed by atoms with Crippen molar-refractivity contribution in [2.75, 3.05) is 18.5 Å². The molecule has 1 unspecified atom stereocenters. The smallest absolute Gasteiger partial charge is 0.125 e. The van der Waals surface area contributed by atoms with Crippen molar-refractivity contribution in [3.05, 3.63) is 63.9 Å². The number of rotatable bonds is 3. The highest BCUT2D eigenvalue weighted by atomic mass is 79.9. The summed E-state index contributed by atoms with van der Waals surface area (Å²) in [6.45, 7) is 1.35. The Kier molecular flexibility index (Phi) is 4.03. The van der Waals surface area contributed by atoms with Gasteiger partial charge in [0.2, 0.25) is 0 Å². The van der Waals surface area contributed by atoms with Crippen LogP contribution in [0, 0.1) is 5.82 Å². The van der Waals surface area contributed by atoms with Crippen LogP contribution in [-0.4, -0.2) is 13.2 Å². The van der Waals surface area contributed by atoms with E-state index in [2.05, 4.69) is 39.4 Å². The van der Waals surface area contributed by atoms with Crippen molar-refractivity contribution in [2.24, 2.45) is 0 Å². The van der Waals surface area contributed by atoms with Crippen LogP contribution < -0.4 is 5.32 Å². The minimum absolute atomic E-state index is 0.00937. The lowest BCUT2D eigenvalue weighted by Gasteiger charge is -2.26. The first-order valence-electron chi connectivity index (χ1n) is 6.62. The summed E-state index contributed by atoms with van der Waals surface area (Å²) in [5, 5.41) is 3.25. The number of fused-ring (bicyclic) bond motifs is 1. The highest BCUT2D eigenvalue weighted by Gasteiger charge is 2.20. The maximum absolute atomic E-state index is 13.3. The first kappa shape index (κ1) is 13.6. The first-order valence-corrected chi connectivity index (χ1v) is 7.41. The standard InChI is InChI=1S/C16H15BrFNO/c17-14-6-5-12(18)9-15(14)19-10-16-13-4-2-1-3-11(13)7-8-20-16/h1-6,9,16,19H,7-8,10H2. The molecule has 1 aliphatic rings. The summed E-state index contributed by atoms with van der Waals surface area (Å²) >= 11 is 3.42. The van der Waals surface area contributed by atoms with E-state index in [1.807, 2.05) is 6.07 Å². The summed E-state index contributed by atoms with van der Waals surface area (Å²) in [6, 6.07) is 12.9. The van der Waals surface area contributed by atoms with Gasteiger partial charge in [-0.15, -0.1) is 0 Å². The van der Waals surface area contributed by atoms with Gasteiger partial charge < -0.3 is 10.1 Å². The number of anilines is 1. The largest absolute Gasteiger partial charge is 0.381 e. The van der Waals surface area contributed by atoms with Crippen LogP contribution >= 0.6 is 15.9 Å². The fraction of sp³-hybridized carbons (Fsp3) is 0.250. The van der Waals surface area contributed by atoms with Gasteiger partial charge in [0.05, 0.1) is 18.4 Å². The molecule has 1 heterocycles. The van der Waals surface area contributed by atoms with E-state index in [-0.39, 0.29) is 11.9 Å². The van der Waals surface area contributed by atoms with Crippen molar-refractivity contribution in [1.29, 1.82) is 0 Å². The third-order valence-corrected chi connectivity index (χ3v) is 4.19. The van der Waals surface area contributed by atoms with Gasteiger partial charge in [-0.25, -0.2) is 4.39 Å². The maximum atomic E-state index is 13.3. The van der Waals surface area contributed by atoms with Crippen LogP contribution in [0.25, 0.3) is 0 Å². The predicted octanol–water partition coefficient (Wildman–Crippen LogP) is 4.31. The van der Waals surface area contributed by atoms with Crippen molar-refractivity contribution in [2.45, 2.75) is 12.5 Å². The molecule has 1 aliphatic heterocycles. The molecule has 0 aliphatic carbocycles. The Labute approximate surface area is 126 Å². The highest BCUT2D eigenvalue weighted by molar-refractivity contribution is 9.10. The van der Waals surface area contributed by atoms with Crippen LogP contribution in [0.1, 0.15) is 17.2 Å². The fourth-order valence-corrected chi connectivity index (χ4v) is 2.87. The molecule has 2 aromatic rings. The van der Waals surface area contributed by atoms with Crippen LogP contribution in [0.15, 0.2) is 46.9 Å². The molecule has 0 aromatic heterocycles. The zero-order valence-corrected chi connectivity index (χ0v) is 12.5. The monoisotopic (exact) mass is 335 g/mol. The van der Waals surface area contributed by atoms with Gasteiger partial charge in [-0.2, -0.15) is 0 Å². The summed E-state index contributed by atoms with van der Waals surface area (Å²) in [5.41, 5.74) is 3.30. The molecule has 2 nitrogen and oxygen atoms in total. The van der Waals surface area contributed by atoms with Crippen LogP contribution in [-0.2, 0) is 11.2 Å². The van der Waals surface area contributed by atoms with E-state index in [4.69, 9.17) is 4.74 Å². The molecule has 104 valence electrons. The predicted molar refractivity (Wildman–Crippen MR) is 81.4 cm³/mol. The van der Waals surface area contributed by atoms with Crippen LogP contribution in [0.3, 0.4) is 0 Å². The molecular weight excluding hydrogens is 321 g/mol. The van der Waals surface area contributed by atoms with Gasteiger partial charge in [-0.1, -0.05) is 24.3 Å². The lowest BCUT2D eigenvalue weighted by atomic mass is 9.97. The molecule has 20 heavy (non-hydrogen) atoms. The van der Waals surface area contributed by atoms with Gasteiger partial charge in [-0.3, -0.25) is 0 Å². The Hall–Kier alpha value is -1.39. The molecule has 1 N–H and O–H groups in total. The van der Waals surface area contributed by atoms with Crippen molar-refractivity contribution in [3.63, 3.8) is 0 Å². The van der Waals surface area contributed by atoms with E-state index < -0.39 is 0 Å². The van der Waals surface area contributed by atoms with Gasteiger partial charge in [-0.05, 0) is 51.7 Å². The molecule has 0 bridgehead atoms. The van der Waals surface area contributed by atoms with Gasteiger partial charge in [0.15, 0.2) is 0 Å². The summed E-state index contributed by atoms with van der Waals surface area (Å²) in [7, 11) is 0. The molecule has 0 saturated carbocycles. The lowest BCUT2D eigenvalue weighted by molar-refractivity contribution is 0.0513. The van der Waals surface area contributed by atoms with E-state index in [1.165, 1.54) is 23.3 Å². The van der Waals surface area contributed by atoms with Crippen LogP contribution in [0.2, 0.25) is 0 Å². The summed E-state index contributed by atoms with van der Waals surface area (Å²) in [6.07, 6.45) is 0.964. The number of hydrogen-bond acceptors (Lipinski definition) is 2. The van der Waals surface area contributed by atoms with E-state index in [1.54, 1.807) is 6.07 Å². The van der Waals surface area contributed by atoms with Crippen molar-refractivity contribution < 1.29 is 9.13 Å². The second-order valence-corrected chi connectivity index (χ2v) is 5.67. The average molecular weight is 336 g/mol. The molecule has 3 rings (SSSR count). The zero-order valence-electron chi connectivity index (χ0n) is 10.9. The number of benzene rings is 2. The zero-order chi connectivity index (χ0) is 13.9. The Morgan fingerprint density at radius 2 is 2.10 bits per heavy atom. The Bertz CT molecular complexity index is 617. The molecule has 4 heteroatoms. The molecule has 0 saturated heterocycles. The third-order valence-electron chi connectivity index (χ3n) is 3.50. The normalized spacial score (nSPS) is 17.6. The summed E-state index contributed by atoms with van der Waals surface area (Å²) in [4.78, 5) is 0.